The highest BCUT2D eigenvalue weighted by molar-refractivity contribution is 6.30. The van der Waals surface area contributed by atoms with Crippen molar-refractivity contribution < 1.29 is 9.59 Å². The Labute approximate surface area is 158 Å². The van der Waals surface area contributed by atoms with Crippen molar-refractivity contribution in [3.63, 3.8) is 0 Å². The van der Waals surface area contributed by atoms with Crippen LogP contribution in [0.5, 0.6) is 0 Å². The van der Waals surface area contributed by atoms with Crippen molar-refractivity contribution in [2.24, 2.45) is 0 Å². The molecule has 4 nitrogen and oxygen atoms in total. The van der Waals surface area contributed by atoms with Crippen molar-refractivity contribution in [2.75, 3.05) is 5.32 Å². The molecule has 3 rings (SSSR count). The summed E-state index contributed by atoms with van der Waals surface area (Å²) in [5.41, 5.74) is 2.13. The summed E-state index contributed by atoms with van der Waals surface area (Å²) in [4.78, 5) is 24.8. The molecule has 0 aromatic heterocycles. The summed E-state index contributed by atoms with van der Waals surface area (Å²) in [5, 5.41) is 6.62. The van der Waals surface area contributed by atoms with E-state index in [1.54, 1.807) is 12.1 Å². The van der Waals surface area contributed by atoms with Gasteiger partial charge in [-0.2, -0.15) is 0 Å². The van der Waals surface area contributed by atoms with E-state index >= 15 is 0 Å². The van der Waals surface area contributed by atoms with Gasteiger partial charge in [0.1, 0.15) is 0 Å². The maximum absolute atomic E-state index is 12.5. The quantitative estimate of drug-likeness (QED) is 0.781. The summed E-state index contributed by atoms with van der Waals surface area (Å²) in [6.45, 7) is 0. The molecule has 2 aromatic rings. The topological polar surface area (TPSA) is 58.2 Å². The van der Waals surface area contributed by atoms with Crippen LogP contribution < -0.4 is 10.6 Å². The normalized spacial score (nSPS) is 14.2. The predicted octanol–water partition coefficient (Wildman–Crippen LogP) is 4.58. The molecule has 5 heteroatoms. The molecule has 0 saturated heterocycles. The molecule has 0 bridgehead atoms. The summed E-state index contributed by atoms with van der Waals surface area (Å²) in [5.74, 6) is -0.230. The number of anilines is 1. The third-order valence-electron chi connectivity index (χ3n) is 4.69. The average Bonchev–Trinajstić information content (AvgIpc) is 3.14. The zero-order chi connectivity index (χ0) is 18.4. The Hall–Kier alpha value is -2.33. The van der Waals surface area contributed by atoms with E-state index < -0.39 is 0 Å². The maximum atomic E-state index is 12.5. The van der Waals surface area contributed by atoms with E-state index in [9.17, 15) is 9.59 Å². The summed E-state index contributed by atoms with van der Waals surface area (Å²) in [6.07, 6.45) is 5.35. The lowest BCUT2D eigenvalue weighted by atomic mass is 10.1. The fourth-order valence-corrected chi connectivity index (χ4v) is 3.37. The molecule has 26 heavy (non-hydrogen) atoms. The van der Waals surface area contributed by atoms with Crippen LogP contribution in [0.3, 0.4) is 0 Å². The van der Waals surface area contributed by atoms with Crippen LogP contribution in [0.4, 0.5) is 5.69 Å². The molecule has 1 aliphatic rings. The van der Waals surface area contributed by atoms with Gasteiger partial charge in [-0.25, -0.2) is 0 Å². The number of nitrogens with one attached hydrogen (secondary N) is 2. The Kier molecular flexibility index (Phi) is 6.29. The van der Waals surface area contributed by atoms with Gasteiger partial charge >= 0.3 is 0 Å². The van der Waals surface area contributed by atoms with E-state index in [1.165, 1.54) is 0 Å². The Morgan fingerprint density at radius 1 is 1.00 bits per heavy atom. The third-order valence-corrected chi connectivity index (χ3v) is 4.94. The van der Waals surface area contributed by atoms with E-state index in [4.69, 9.17) is 11.6 Å². The van der Waals surface area contributed by atoms with Crippen LogP contribution in [0.2, 0.25) is 5.02 Å². The second-order valence-corrected chi connectivity index (χ2v) is 7.11. The van der Waals surface area contributed by atoms with Crippen LogP contribution in [0.25, 0.3) is 0 Å². The van der Waals surface area contributed by atoms with Crippen LogP contribution in [-0.2, 0) is 11.2 Å². The van der Waals surface area contributed by atoms with Gasteiger partial charge in [0.15, 0.2) is 0 Å². The first kappa shape index (κ1) is 18.5. The Balaban J connectivity index is 1.59. The highest BCUT2D eigenvalue weighted by atomic mass is 35.5. The number of para-hydroxylation sites is 1. The number of carbonyl (C=O) groups excluding carboxylic acids is 2. The zero-order valence-electron chi connectivity index (χ0n) is 14.6. The minimum Gasteiger partial charge on any atom is -0.349 e. The molecule has 0 radical (unpaired) electrons. The maximum Gasteiger partial charge on any atom is 0.253 e. The average molecular weight is 371 g/mol. The summed E-state index contributed by atoms with van der Waals surface area (Å²) in [7, 11) is 0. The molecule has 0 unspecified atom stereocenters. The zero-order valence-corrected chi connectivity index (χ0v) is 15.4. The largest absolute Gasteiger partial charge is 0.349 e. The summed E-state index contributed by atoms with van der Waals surface area (Å²) < 4.78 is 0. The van der Waals surface area contributed by atoms with Gasteiger partial charge in [0.25, 0.3) is 5.91 Å². The van der Waals surface area contributed by atoms with Gasteiger partial charge < -0.3 is 10.6 Å². The minimum absolute atomic E-state index is 0.110. The van der Waals surface area contributed by atoms with Gasteiger partial charge in [-0.05, 0) is 49.1 Å². The van der Waals surface area contributed by atoms with Crippen LogP contribution in [0.15, 0.2) is 48.5 Å². The van der Waals surface area contributed by atoms with Crippen molar-refractivity contribution in [3.8, 4) is 0 Å². The molecule has 2 amide bonds. The second-order valence-electron chi connectivity index (χ2n) is 6.68. The SMILES string of the molecule is O=C(CCc1ccc(Cl)cc1)Nc1ccccc1C(=O)NC1CCCC1. The number of rotatable bonds is 6. The Bertz CT molecular complexity index is 768. The van der Waals surface area contributed by atoms with E-state index in [0.717, 1.165) is 31.2 Å². The molecule has 1 fully saturated rings. The first-order chi connectivity index (χ1) is 12.6. The molecule has 2 N–H and O–H groups in total. The van der Waals surface area contributed by atoms with Crippen molar-refractivity contribution >= 4 is 29.1 Å². The first-order valence-electron chi connectivity index (χ1n) is 9.06. The second kappa shape index (κ2) is 8.86. The molecular formula is C21H23ClN2O2. The number of hydrogen-bond acceptors (Lipinski definition) is 2. The van der Waals surface area contributed by atoms with Crippen LogP contribution in [0, 0.1) is 0 Å². The number of benzene rings is 2. The monoisotopic (exact) mass is 370 g/mol. The molecule has 1 saturated carbocycles. The fraction of sp³-hybridized carbons (Fsp3) is 0.333. The molecule has 1 aliphatic carbocycles. The standard InChI is InChI=1S/C21H23ClN2O2/c22-16-12-9-15(10-13-16)11-14-20(25)24-19-8-4-3-7-18(19)21(26)23-17-5-1-2-6-17/h3-4,7-10,12-13,17H,1-2,5-6,11,14H2,(H,23,26)(H,24,25). The smallest absolute Gasteiger partial charge is 0.253 e. The van der Waals surface area contributed by atoms with Gasteiger partial charge in [0.2, 0.25) is 5.91 Å². The molecule has 0 aliphatic heterocycles. The van der Waals surface area contributed by atoms with E-state index in [0.29, 0.717) is 29.1 Å². The van der Waals surface area contributed by atoms with Gasteiger partial charge in [-0.3, -0.25) is 9.59 Å². The highest BCUT2D eigenvalue weighted by Gasteiger charge is 2.20. The molecule has 0 heterocycles. The predicted molar refractivity (Wildman–Crippen MR) is 105 cm³/mol. The first-order valence-corrected chi connectivity index (χ1v) is 9.44. The van der Waals surface area contributed by atoms with Crippen molar-refractivity contribution in [1.29, 1.82) is 0 Å². The number of carbonyl (C=O) groups is 2. The van der Waals surface area contributed by atoms with E-state index in [-0.39, 0.29) is 17.9 Å². The van der Waals surface area contributed by atoms with Crippen LogP contribution >= 0.6 is 11.6 Å². The summed E-state index contributed by atoms with van der Waals surface area (Å²) >= 11 is 5.87. The molecule has 0 spiro atoms. The van der Waals surface area contributed by atoms with Gasteiger partial charge in [-0.1, -0.05) is 48.7 Å². The third kappa shape index (κ3) is 5.09. The Morgan fingerprint density at radius 2 is 1.69 bits per heavy atom. The van der Waals surface area contributed by atoms with Crippen molar-refractivity contribution in [1.82, 2.24) is 5.32 Å². The molecule has 0 atom stereocenters. The lowest BCUT2D eigenvalue weighted by molar-refractivity contribution is -0.116. The van der Waals surface area contributed by atoms with Crippen molar-refractivity contribution in [3.05, 3.63) is 64.7 Å². The minimum atomic E-state index is -0.120. The number of aryl methyl sites for hydroxylation is 1. The fourth-order valence-electron chi connectivity index (χ4n) is 3.25. The molecule has 136 valence electrons. The highest BCUT2D eigenvalue weighted by Crippen LogP contribution is 2.20. The van der Waals surface area contributed by atoms with Crippen LogP contribution in [-0.4, -0.2) is 17.9 Å². The molecular weight excluding hydrogens is 348 g/mol. The van der Waals surface area contributed by atoms with E-state index in [1.807, 2.05) is 36.4 Å². The summed E-state index contributed by atoms with van der Waals surface area (Å²) in [6, 6.07) is 14.9. The van der Waals surface area contributed by atoms with Gasteiger partial charge in [-0.15, -0.1) is 0 Å². The lowest BCUT2D eigenvalue weighted by Crippen LogP contribution is -2.33. The number of halogens is 1. The Morgan fingerprint density at radius 3 is 2.42 bits per heavy atom. The van der Waals surface area contributed by atoms with Crippen LogP contribution in [0.1, 0.15) is 48.0 Å². The van der Waals surface area contributed by atoms with E-state index in [2.05, 4.69) is 10.6 Å². The number of hydrogen-bond donors (Lipinski definition) is 2. The van der Waals surface area contributed by atoms with Gasteiger partial charge in [0.05, 0.1) is 11.3 Å². The van der Waals surface area contributed by atoms with Gasteiger partial charge in [0, 0.05) is 17.5 Å². The molecule has 2 aromatic carbocycles. The van der Waals surface area contributed by atoms with Crippen molar-refractivity contribution in [2.45, 2.75) is 44.6 Å². The number of amides is 2. The lowest BCUT2D eigenvalue weighted by Gasteiger charge is -2.15.